The van der Waals surface area contributed by atoms with Crippen molar-refractivity contribution in [1.29, 1.82) is 0 Å². The zero-order valence-corrected chi connectivity index (χ0v) is 20.2. The Hall–Kier alpha value is -0.540. The largest absolute Gasteiger partial charge is 1.00 e. The number of unbranched alkanes of at least 4 members (excludes halogenated alkanes) is 9. The zero-order chi connectivity index (χ0) is 19.5. The summed E-state index contributed by atoms with van der Waals surface area (Å²) in [5.41, 5.74) is 6.81. The molecule has 0 unspecified atom stereocenters. The molecule has 0 saturated heterocycles. The number of likely N-dealkylation sites (N-methyl/N-ethyl adjacent to an activating group) is 1. The van der Waals surface area contributed by atoms with E-state index in [1.54, 1.807) is 0 Å². The summed E-state index contributed by atoms with van der Waals surface area (Å²) in [5, 5.41) is 0. The Kier molecular flexibility index (Phi) is 26.1. The molecule has 1 aromatic rings. The highest BCUT2D eigenvalue weighted by Gasteiger charge is 2.12. The number of nitrogens with two attached hydrogens (primary N) is 1. The predicted octanol–water partition coefficient (Wildman–Crippen LogP) is 3.74. The van der Waals surface area contributed by atoms with Crippen LogP contribution in [0.3, 0.4) is 0 Å². The number of nitrogens with zero attached hydrogens (tertiary/aromatic N) is 1. The second-order valence-corrected chi connectivity index (χ2v) is 8.02. The van der Waals surface area contributed by atoms with Crippen LogP contribution >= 0.6 is 12.4 Å². The van der Waals surface area contributed by atoms with E-state index >= 15 is 0 Å². The fourth-order valence-electron chi connectivity index (χ4n) is 3.12. The monoisotopic (exact) mass is 432 g/mol. The molecular weight excluding hydrogens is 387 g/mol. The molecule has 0 amide bonds. The third-order valence-electron chi connectivity index (χ3n) is 4.63. The summed E-state index contributed by atoms with van der Waals surface area (Å²) in [6, 6.07) is 10.6. The van der Waals surface area contributed by atoms with Gasteiger partial charge in [0.2, 0.25) is 0 Å². The Balaban J connectivity index is -0.000000417. The first-order chi connectivity index (χ1) is 12.6. The maximum atomic E-state index is 5.42. The molecule has 28 heavy (non-hydrogen) atoms. The fraction of sp³-hybridized carbons (Fsp3) is 0.667. The van der Waals surface area contributed by atoms with E-state index in [9.17, 15) is 0 Å². The zero-order valence-electron chi connectivity index (χ0n) is 18.7. The summed E-state index contributed by atoms with van der Waals surface area (Å²) >= 11 is 0. The first-order valence-electron chi connectivity index (χ1n) is 10.7. The molecule has 0 aromatic heterocycles. The van der Waals surface area contributed by atoms with Gasteiger partial charge in [-0.25, -0.2) is 0 Å². The van der Waals surface area contributed by atoms with E-state index in [0.29, 0.717) is 0 Å². The predicted molar refractivity (Wildman–Crippen MR) is 125 cm³/mol. The van der Waals surface area contributed by atoms with Gasteiger partial charge in [0.15, 0.2) is 0 Å². The van der Waals surface area contributed by atoms with Crippen LogP contribution < -0.4 is 18.1 Å². The molecule has 166 valence electrons. The van der Waals surface area contributed by atoms with Crippen LogP contribution in [-0.2, 0) is 6.54 Å². The van der Waals surface area contributed by atoms with Crippen molar-refractivity contribution in [1.82, 2.24) is 0 Å². The van der Waals surface area contributed by atoms with Crippen LogP contribution in [0, 0.1) is 0 Å². The highest BCUT2D eigenvalue weighted by Crippen LogP contribution is 2.10. The van der Waals surface area contributed by atoms with Crippen LogP contribution in [0.5, 0.6) is 0 Å². The number of hydrogen-bond acceptors (Lipinski definition) is 1. The number of rotatable bonds is 14. The Morgan fingerprint density at radius 2 is 1.32 bits per heavy atom. The van der Waals surface area contributed by atoms with Crippen molar-refractivity contribution in [2.24, 2.45) is 5.73 Å². The molecule has 0 heterocycles. The van der Waals surface area contributed by atoms with Gasteiger partial charge in [-0.1, -0.05) is 102 Å². The minimum atomic E-state index is 0. The minimum absolute atomic E-state index is 0. The molecule has 2 nitrogen and oxygen atoms in total. The lowest BCUT2D eigenvalue weighted by Gasteiger charge is -2.28. The van der Waals surface area contributed by atoms with Gasteiger partial charge in [-0.05, 0) is 19.0 Å². The summed E-state index contributed by atoms with van der Waals surface area (Å²) in [6.45, 7) is 8.99. The molecule has 0 spiro atoms. The summed E-state index contributed by atoms with van der Waals surface area (Å²) in [4.78, 5) is 0. The lowest BCUT2D eigenvalue weighted by molar-refractivity contribution is -0.897. The van der Waals surface area contributed by atoms with Crippen LogP contribution in [0.25, 0.3) is 0 Å². The SMILES string of the molecule is C=CC[N+](C)(C)Cc1ccccc1.CCCCCCCCCCCCN.Cl.[Cl-]. The van der Waals surface area contributed by atoms with E-state index in [-0.39, 0.29) is 24.8 Å². The smallest absolute Gasteiger partial charge is 0.104 e. The first kappa shape index (κ1) is 32.1. The van der Waals surface area contributed by atoms with Crippen LogP contribution in [0.2, 0.25) is 0 Å². The van der Waals surface area contributed by atoms with E-state index in [0.717, 1.165) is 24.1 Å². The Labute approximate surface area is 188 Å². The fourth-order valence-corrected chi connectivity index (χ4v) is 3.12. The maximum absolute atomic E-state index is 5.42. The highest BCUT2D eigenvalue weighted by atomic mass is 35.5. The lowest BCUT2D eigenvalue weighted by atomic mass is 10.1. The summed E-state index contributed by atoms with van der Waals surface area (Å²) in [6.07, 6.45) is 15.9. The number of halogens is 2. The highest BCUT2D eigenvalue weighted by molar-refractivity contribution is 5.85. The van der Waals surface area contributed by atoms with Crippen molar-refractivity contribution < 1.29 is 16.9 Å². The molecular formula is C24H46Cl2N2. The van der Waals surface area contributed by atoms with Gasteiger partial charge in [-0.2, -0.15) is 0 Å². The van der Waals surface area contributed by atoms with E-state index in [1.807, 2.05) is 6.08 Å². The van der Waals surface area contributed by atoms with Crippen molar-refractivity contribution >= 4 is 12.4 Å². The average molecular weight is 434 g/mol. The molecule has 0 aliphatic heterocycles. The molecule has 0 aliphatic rings. The molecule has 1 rings (SSSR count). The van der Waals surface area contributed by atoms with Gasteiger partial charge in [0.25, 0.3) is 0 Å². The van der Waals surface area contributed by atoms with Gasteiger partial charge in [-0.15, -0.1) is 12.4 Å². The standard InChI is InChI=1S/C12H18N.C12H27N.2ClH/c1-4-10-13(2,3)11-12-8-6-5-7-9-12;1-2-3-4-5-6-7-8-9-10-11-12-13;;/h4-9H,1,10-11H2,2-3H3;2-13H2,1H3;2*1H/q+1;;;/p-1. The van der Waals surface area contributed by atoms with E-state index in [1.165, 1.54) is 69.8 Å². The van der Waals surface area contributed by atoms with Gasteiger partial charge in [0.05, 0.1) is 20.6 Å². The first-order valence-corrected chi connectivity index (χ1v) is 10.7. The number of quaternary nitrogens is 1. The van der Waals surface area contributed by atoms with Crippen molar-refractivity contribution in [2.45, 2.75) is 77.7 Å². The molecule has 0 fully saturated rings. The molecule has 0 bridgehead atoms. The molecule has 2 N–H and O–H groups in total. The van der Waals surface area contributed by atoms with Crippen molar-refractivity contribution in [2.75, 3.05) is 27.2 Å². The van der Waals surface area contributed by atoms with Gasteiger partial charge in [0.1, 0.15) is 6.54 Å². The van der Waals surface area contributed by atoms with E-state index < -0.39 is 0 Å². The molecule has 0 radical (unpaired) electrons. The Morgan fingerprint density at radius 1 is 0.857 bits per heavy atom. The van der Waals surface area contributed by atoms with Crippen LogP contribution in [-0.4, -0.2) is 31.7 Å². The van der Waals surface area contributed by atoms with Gasteiger partial charge < -0.3 is 22.6 Å². The van der Waals surface area contributed by atoms with E-state index in [2.05, 4.69) is 57.9 Å². The maximum Gasteiger partial charge on any atom is 0.104 e. The summed E-state index contributed by atoms with van der Waals surface area (Å²) < 4.78 is 0.966. The third kappa shape index (κ3) is 21.8. The van der Waals surface area contributed by atoms with Crippen LogP contribution in [0.1, 0.15) is 76.7 Å². The van der Waals surface area contributed by atoms with Gasteiger partial charge >= 0.3 is 0 Å². The van der Waals surface area contributed by atoms with Crippen LogP contribution in [0.4, 0.5) is 0 Å². The Morgan fingerprint density at radius 3 is 1.75 bits per heavy atom. The molecule has 0 saturated carbocycles. The normalized spacial score (nSPS) is 10.1. The van der Waals surface area contributed by atoms with Crippen molar-refractivity contribution in [3.63, 3.8) is 0 Å². The summed E-state index contributed by atoms with van der Waals surface area (Å²) in [7, 11) is 4.43. The average Bonchev–Trinajstić information content (AvgIpc) is 2.61. The second kappa shape index (κ2) is 22.7. The number of benzene rings is 1. The topological polar surface area (TPSA) is 26.0 Å². The molecule has 0 atom stereocenters. The number of hydrogen-bond donors (Lipinski definition) is 1. The lowest BCUT2D eigenvalue weighted by Crippen LogP contribution is -3.00. The third-order valence-corrected chi connectivity index (χ3v) is 4.63. The molecule has 0 aliphatic carbocycles. The minimum Gasteiger partial charge on any atom is -1.00 e. The quantitative estimate of drug-likeness (QED) is 0.270. The summed E-state index contributed by atoms with van der Waals surface area (Å²) in [5.74, 6) is 0. The van der Waals surface area contributed by atoms with Crippen molar-refractivity contribution in [3.8, 4) is 0 Å². The molecule has 4 heteroatoms. The molecule has 1 aromatic carbocycles. The van der Waals surface area contributed by atoms with Gasteiger partial charge in [0, 0.05) is 5.56 Å². The van der Waals surface area contributed by atoms with E-state index in [4.69, 9.17) is 5.73 Å². The second-order valence-electron chi connectivity index (χ2n) is 8.02. The Bertz CT molecular complexity index is 412. The van der Waals surface area contributed by atoms with Crippen molar-refractivity contribution in [3.05, 3.63) is 48.6 Å². The van der Waals surface area contributed by atoms with Crippen LogP contribution in [0.15, 0.2) is 43.0 Å². The van der Waals surface area contributed by atoms with Gasteiger partial charge in [-0.3, -0.25) is 0 Å².